The van der Waals surface area contributed by atoms with E-state index in [1.807, 2.05) is 24.3 Å². The van der Waals surface area contributed by atoms with Crippen LogP contribution in [0.2, 0.25) is 5.02 Å². The topological polar surface area (TPSA) is 57.6 Å². The number of amides is 1. The third-order valence-electron chi connectivity index (χ3n) is 5.09. The number of rotatable bonds is 5. The molecule has 0 saturated carbocycles. The summed E-state index contributed by atoms with van der Waals surface area (Å²) in [6.45, 7) is 0.211. The molecule has 6 heteroatoms. The number of Topliss-reactive ketones (excluding diaryl/α,β-unsaturated/α-hetero) is 1. The molecule has 1 N–H and O–H groups in total. The molecule has 1 aliphatic rings. The number of fused-ring (bicyclic) bond motifs is 1. The zero-order valence-electron chi connectivity index (χ0n) is 15.3. The highest BCUT2D eigenvalue weighted by molar-refractivity contribution is 9.10. The van der Waals surface area contributed by atoms with Crippen molar-refractivity contribution < 1.29 is 14.7 Å². The minimum absolute atomic E-state index is 0.211. The van der Waals surface area contributed by atoms with Gasteiger partial charge in [0.1, 0.15) is 0 Å². The van der Waals surface area contributed by atoms with Crippen LogP contribution in [0.3, 0.4) is 0 Å². The third kappa shape index (κ3) is 3.62. The van der Waals surface area contributed by atoms with E-state index in [-0.39, 0.29) is 18.7 Å². The Morgan fingerprint density at radius 2 is 1.76 bits per heavy atom. The summed E-state index contributed by atoms with van der Waals surface area (Å²) in [6.07, 6.45) is -0.335. The van der Waals surface area contributed by atoms with Crippen molar-refractivity contribution in [2.75, 3.05) is 4.90 Å². The molecule has 1 aliphatic heterocycles. The van der Waals surface area contributed by atoms with Crippen molar-refractivity contribution in [2.24, 2.45) is 0 Å². The van der Waals surface area contributed by atoms with Crippen molar-refractivity contribution in [3.05, 3.63) is 99.0 Å². The van der Waals surface area contributed by atoms with E-state index < -0.39 is 11.5 Å². The van der Waals surface area contributed by atoms with Crippen LogP contribution in [0.5, 0.6) is 0 Å². The molecule has 4 rings (SSSR count). The van der Waals surface area contributed by atoms with Crippen molar-refractivity contribution in [3.8, 4) is 0 Å². The molecular formula is C23H17BrClNO3. The van der Waals surface area contributed by atoms with Crippen molar-refractivity contribution in [1.82, 2.24) is 0 Å². The molecule has 0 spiro atoms. The number of hydrogen-bond acceptors (Lipinski definition) is 3. The first-order chi connectivity index (χ1) is 13.9. The minimum Gasteiger partial charge on any atom is -0.375 e. The highest BCUT2D eigenvalue weighted by Crippen LogP contribution is 2.43. The molecule has 1 amide bonds. The number of aliphatic hydroxyl groups is 1. The Balaban J connectivity index is 1.70. The van der Waals surface area contributed by atoms with Crippen LogP contribution >= 0.6 is 27.5 Å². The number of ketones is 1. The van der Waals surface area contributed by atoms with Gasteiger partial charge in [0.15, 0.2) is 11.4 Å². The van der Waals surface area contributed by atoms with Crippen molar-refractivity contribution in [2.45, 2.75) is 18.6 Å². The third-order valence-corrected chi connectivity index (χ3v) is 5.95. The molecule has 4 nitrogen and oxygen atoms in total. The number of carbonyl (C=O) groups excluding carboxylic acids is 2. The standard InChI is InChI=1S/C23H17BrClNO3/c24-17-8-5-7-15(12-17)21(27)13-23(29)18-9-2-4-11-20(18)26(22(23)28)14-16-6-1-3-10-19(16)25/h1-12,29H,13-14H2/t23-/m0/s1. The SMILES string of the molecule is O=C(C[C@@]1(O)C(=O)N(Cc2ccccc2Cl)c2ccccc21)c1cccc(Br)c1. The summed E-state index contributed by atoms with van der Waals surface area (Å²) in [5, 5.41) is 11.9. The van der Waals surface area contributed by atoms with E-state index in [0.29, 0.717) is 21.8 Å². The Morgan fingerprint density at radius 1 is 1.03 bits per heavy atom. The van der Waals surface area contributed by atoms with E-state index in [4.69, 9.17) is 11.6 Å². The molecule has 0 radical (unpaired) electrons. The summed E-state index contributed by atoms with van der Waals surface area (Å²) in [7, 11) is 0. The molecule has 0 saturated heterocycles. The molecule has 1 atom stereocenters. The number of carbonyl (C=O) groups is 2. The second-order valence-electron chi connectivity index (χ2n) is 6.97. The molecule has 29 heavy (non-hydrogen) atoms. The predicted molar refractivity (Wildman–Crippen MR) is 116 cm³/mol. The van der Waals surface area contributed by atoms with Gasteiger partial charge in [-0.15, -0.1) is 0 Å². The summed E-state index contributed by atoms with van der Waals surface area (Å²) in [4.78, 5) is 27.7. The summed E-state index contributed by atoms with van der Waals surface area (Å²) in [5.74, 6) is -0.835. The molecule has 3 aromatic carbocycles. The monoisotopic (exact) mass is 469 g/mol. The van der Waals surface area contributed by atoms with Crippen molar-refractivity contribution in [3.63, 3.8) is 0 Å². The number of anilines is 1. The maximum absolute atomic E-state index is 13.3. The Hall–Kier alpha value is -2.47. The lowest BCUT2D eigenvalue weighted by molar-refractivity contribution is -0.136. The predicted octanol–water partition coefficient (Wildman–Crippen LogP) is 5.11. The zero-order valence-corrected chi connectivity index (χ0v) is 17.7. The van der Waals surface area contributed by atoms with Gasteiger partial charge in [0.25, 0.3) is 5.91 Å². The van der Waals surface area contributed by atoms with Crippen LogP contribution in [0.15, 0.2) is 77.3 Å². The smallest absolute Gasteiger partial charge is 0.264 e. The number of nitrogens with zero attached hydrogens (tertiary/aromatic N) is 1. The van der Waals surface area contributed by atoms with E-state index in [0.717, 1.165) is 10.0 Å². The van der Waals surface area contributed by atoms with Crippen LogP contribution in [0.4, 0.5) is 5.69 Å². The minimum atomic E-state index is -1.92. The van der Waals surface area contributed by atoms with Crippen molar-refractivity contribution in [1.29, 1.82) is 0 Å². The van der Waals surface area contributed by atoms with E-state index in [9.17, 15) is 14.7 Å². The first-order valence-corrected chi connectivity index (χ1v) is 10.2. The van der Waals surface area contributed by atoms with Crippen LogP contribution in [0.25, 0.3) is 0 Å². The van der Waals surface area contributed by atoms with E-state index in [2.05, 4.69) is 15.9 Å². The van der Waals surface area contributed by atoms with Crippen molar-refractivity contribution >= 4 is 44.9 Å². The Bertz CT molecular complexity index is 1120. The molecular weight excluding hydrogens is 454 g/mol. The fraction of sp³-hybridized carbons (Fsp3) is 0.130. The molecule has 0 fully saturated rings. The first kappa shape index (κ1) is 19.8. The molecule has 0 unspecified atom stereocenters. The van der Waals surface area contributed by atoms with Crippen LogP contribution in [-0.2, 0) is 16.9 Å². The Morgan fingerprint density at radius 3 is 2.52 bits per heavy atom. The van der Waals surface area contributed by atoms with Gasteiger partial charge in [0.05, 0.1) is 18.7 Å². The number of benzene rings is 3. The number of para-hydroxylation sites is 1. The van der Waals surface area contributed by atoms with Crippen LogP contribution in [0, 0.1) is 0 Å². The first-order valence-electron chi connectivity index (χ1n) is 9.06. The van der Waals surface area contributed by atoms with Gasteiger partial charge in [-0.1, -0.05) is 76.1 Å². The fourth-order valence-corrected chi connectivity index (χ4v) is 4.22. The van der Waals surface area contributed by atoms with Gasteiger partial charge in [-0.25, -0.2) is 0 Å². The Labute approximate surface area is 181 Å². The molecule has 0 aliphatic carbocycles. The quantitative estimate of drug-likeness (QED) is 0.527. The lowest BCUT2D eigenvalue weighted by atomic mass is 9.88. The second-order valence-corrected chi connectivity index (χ2v) is 8.29. The van der Waals surface area contributed by atoms with Crippen LogP contribution in [-0.4, -0.2) is 16.8 Å². The largest absolute Gasteiger partial charge is 0.375 e. The van der Waals surface area contributed by atoms with Gasteiger partial charge in [0.2, 0.25) is 0 Å². The van der Waals surface area contributed by atoms with Crippen LogP contribution in [0.1, 0.15) is 27.9 Å². The normalized spacial score (nSPS) is 18.0. The van der Waals surface area contributed by atoms with Crippen LogP contribution < -0.4 is 4.90 Å². The van der Waals surface area contributed by atoms with Gasteiger partial charge in [-0.05, 0) is 29.8 Å². The highest BCUT2D eigenvalue weighted by atomic mass is 79.9. The zero-order chi connectivity index (χ0) is 20.6. The van der Waals surface area contributed by atoms with E-state index in [1.165, 1.54) is 4.90 Å². The van der Waals surface area contributed by atoms with Gasteiger partial charge < -0.3 is 10.0 Å². The maximum Gasteiger partial charge on any atom is 0.264 e. The summed E-state index contributed by atoms with van der Waals surface area (Å²) >= 11 is 9.61. The summed E-state index contributed by atoms with van der Waals surface area (Å²) in [6, 6.07) is 21.2. The molecule has 146 valence electrons. The average Bonchev–Trinajstić information content (AvgIpc) is 2.92. The van der Waals surface area contributed by atoms with Gasteiger partial charge in [-0.3, -0.25) is 9.59 Å². The average molecular weight is 471 g/mol. The van der Waals surface area contributed by atoms with E-state index in [1.54, 1.807) is 48.5 Å². The number of halogens is 2. The van der Waals surface area contributed by atoms with Gasteiger partial charge in [-0.2, -0.15) is 0 Å². The van der Waals surface area contributed by atoms with Gasteiger partial charge >= 0.3 is 0 Å². The lowest BCUT2D eigenvalue weighted by Gasteiger charge is -2.23. The van der Waals surface area contributed by atoms with E-state index >= 15 is 0 Å². The number of hydrogen-bond donors (Lipinski definition) is 1. The highest BCUT2D eigenvalue weighted by Gasteiger charge is 2.50. The summed E-state index contributed by atoms with van der Waals surface area (Å²) < 4.78 is 0.758. The fourth-order valence-electron chi connectivity index (χ4n) is 3.63. The summed E-state index contributed by atoms with van der Waals surface area (Å²) in [5.41, 5.74) is 0.293. The molecule has 1 heterocycles. The molecule has 0 aromatic heterocycles. The maximum atomic E-state index is 13.3. The molecule has 3 aromatic rings. The lowest BCUT2D eigenvalue weighted by Crippen LogP contribution is -2.41. The second kappa shape index (κ2) is 7.75. The Kier molecular flexibility index (Phi) is 5.30. The van der Waals surface area contributed by atoms with Gasteiger partial charge in [0, 0.05) is 20.6 Å². The molecule has 0 bridgehead atoms.